The number of aromatic nitrogens is 1. The molecule has 4 heteroatoms. The fraction of sp³-hybridized carbons (Fsp3) is 0.125. The second kappa shape index (κ2) is 2.41. The molecule has 1 aliphatic heterocycles. The number of fused-ring (bicyclic) bond motifs is 1. The van der Waals surface area contributed by atoms with E-state index in [9.17, 15) is 4.79 Å². The van der Waals surface area contributed by atoms with E-state index < -0.39 is 5.97 Å². The number of anilines is 1. The van der Waals surface area contributed by atoms with Crippen LogP contribution in [0.4, 0.5) is 5.82 Å². The molecule has 0 saturated carbocycles. The van der Waals surface area contributed by atoms with Crippen molar-refractivity contribution >= 4 is 18.0 Å². The van der Waals surface area contributed by atoms with E-state index in [1.165, 1.54) is 0 Å². The Morgan fingerprint density at radius 2 is 2.50 bits per heavy atom. The number of nitrogens with zero attached hydrogens (tertiary/aromatic N) is 1. The Balaban J connectivity index is 2.41. The smallest absolute Gasteiger partial charge is 0.334 e. The van der Waals surface area contributed by atoms with Gasteiger partial charge in [-0.3, -0.25) is 0 Å². The van der Waals surface area contributed by atoms with Crippen molar-refractivity contribution < 1.29 is 9.90 Å². The second-order valence-electron chi connectivity index (χ2n) is 2.61. The zero-order valence-corrected chi connectivity index (χ0v) is 6.32. The van der Waals surface area contributed by atoms with Gasteiger partial charge in [-0.25, -0.2) is 4.79 Å². The Morgan fingerprint density at radius 1 is 1.67 bits per heavy atom. The first-order chi connectivity index (χ1) is 5.77. The van der Waals surface area contributed by atoms with Gasteiger partial charge in [0, 0.05) is 12.4 Å². The summed E-state index contributed by atoms with van der Waals surface area (Å²) in [4.78, 5) is 10.6. The van der Waals surface area contributed by atoms with E-state index in [0.717, 1.165) is 5.82 Å². The molecule has 2 rings (SSSR count). The molecule has 0 saturated heterocycles. The minimum atomic E-state index is -0.873. The first kappa shape index (κ1) is 6.97. The predicted octanol–water partition coefficient (Wildman–Crippen LogP) is 0.839. The van der Waals surface area contributed by atoms with Crippen LogP contribution in [0.2, 0.25) is 0 Å². The van der Waals surface area contributed by atoms with Gasteiger partial charge < -0.3 is 15.0 Å². The predicted molar refractivity (Wildman–Crippen MR) is 44.8 cm³/mol. The van der Waals surface area contributed by atoms with Gasteiger partial charge in [-0.1, -0.05) is 0 Å². The van der Waals surface area contributed by atoms with Crippen LogP contribution < -0.4 is 5.32 Å². The lowest BCUT2D eigenvalue weighted by Gasteiger charge is -2.14. The quantitative estimate of drug-likeness (QED) is 0.646. The molecule has 2 heterocycles. The third-order valence-corrected chi connectivity index (χ3v) is 1.81. The highest BCUT2D eigenvalue weighted by atomic mass is 16.4. The van der Waals surface area contributed by atoms with Crippen molar-refractivity contribution in [3.63, 3.8) is 0 Å². The van der Waals surface area contributed by atoms with Crippen molar-refractivity contribution in [1.82, 2.24) is 4.57 Å². The molecule has 0 unspecified atom stereocenters. The number of nitrogens with one attached hydrogen (secondary N) is 1. The van der Waals surface area contributed by atoms with Gasteiger partial charge in [0.15, 0.2) is 0 Å². The van der Waals surface area contributed by atoms with Crippen molar-refractivity contribution in [1.29, 1.82) is 0 Å². The van der Waals surface area contributed by atoms with Gasteiger partial charge in [0.25, 0.3) is 0 Å². The molecular formula is C8H8N2O2. The van der Waals surface area contributed by atoms with E-state index in [1.54, 1.807) is 10.8 Å². The number of carbonyl (C=O) groups is 1. The van der Waals surface area contributed by atoms with Crippen LogP contribution in [0, 0.1) is 0 Å². The van der Waals surface area contributed by atoms with E-state index in [1.807, 2.05) is 18.3 Å². The maximum Gasteiger partial charge on any atom is 0.334 e. The van der Waals surface area contributed by atoms with Crippen LogP contribution >= 0.6 is 0 Å². The molecule has 62 valence electrons. The third-order valence-electron chi connectivity index (χ3n) is 1.81. The first-order valence-corrected chi connectivity index (χ1v) is 3.62. The lowest BCUT2D eigenvalue weighted by atomic mass is 10.2. The average molecular weight is 164 g/mol. The van der Waals surface area contributed by atoms with Crippen molar-refractivity contribution in [3.8, 4) is 0 Å². The Morgan fingerprint density at radius 3 is 3.25 bits per heavy atom. The molecule has 0 atom stereocenters. The van der Waals surface area contributed by atoms with Crippen LogP contribution in [-0.4, -0.2) is 22.2 Å². The highest BCUT2D eigenvalue weighted by molar-refractivity contribution is 5.92. The van der Waals surface area contributed by atoms with Crippen LogP contribution in [0.5, 0.6) is 0 Å². The molecule has 0 amide bonds. The van der Waals surface area contributed by atoms with Gasteiger partial charge in [-0.15, -0.1) is 0 Å². The molecule has 1 aromatic heterocycles. The Kier molecular flexibility index (Phi) is 1.40. The molecule has 12 heavy (non-hydrogen) atoms. The van der Waals surface area contributed by atoms with Gasteiger partial charge in [0.2, 0.25) is 0 Å². The van der Waals surface area contributed by atoms with Crippen LogP contribution in [0.15, 0.2) is 23.9 Å². The summed E-state index contributed by atoms with van der Waals surface area (Å²) in [6.45, 7) is 0.388. The van der Waals surface area contributed by atoms with Crippen molar-refractivity contribution in [3.05, 3.63) is 23.9 Å². The molecule has 0 radical (unpaired) electrons. The highest BCUT2D eigenvalue weighted by Crippen LogP contribution is 2.16. The zero-order valence-electron chi connectivity index (χ0n) is 6.32. The van der Waals surface area contributed by atoms with Gasteiger partial charge in [-0.2, -0.15) is 0 Å². The Labute approximate surface area is 69.1 Å². The molecule has 0 fully saturated rings. The second-order valence-corrected chi connectivity index (χ2v) is 2.61. The van der Waals surface area contributed by atoms with Gasteiger partial charge in [0.1, 0.15) is 5.82 Å². The summed E-state index contributed by atoms with van der Waals surface area (Å²) in [6, 6.07) is 3.76. The Bertz CT molecular complexity index is 352. The standard InChI is InChI=1S/C8H8N2O2/c11-8(12)6-4-9-7-2-1-3-10(7)5-6/h1-3,5,9H,4H2,(H,11,12). The topological polar surface area (TPSA) is 54.3 Å². The summed E-state index contributed by atoms with van der Waals surface area (Å²) in [5.74, 6) is 0.0573. The van der Waals surface area contributed by atoms with E-state index in [0.29, 0.717) is 12.1 Å². The largest absolute Gasteiger partial charge is 0.478 e. The van der Waals surface area contributed by atoms with Crippen LogP contribution in [0.3, 0.4) is 0 Å². The molecule has 4 nitrogen and oxygen atoms in total. The monoisotopic (exact) mass is 164 g/mol. The Hall–Kier alpha value is -1.71. The SMILES string of the molecule is O=C(O)C1=Cn2cccc2NC1. The van der Waals surface area contributed by atoms with Gasteiger partial charge >= 0.3 is 5.97 Å². The lowest BCUT2D eigenvalue weighted by Crippen LogP contribution is -2.18. The van der Waals surface area contributed by atoms with Crippen molar-refractivity contribution in [2.24, 2.45) is 0 Å². The summed E-state index contributed by atoms with van der Waals surface area (Å²) in [6.07, 6.45) is 3.43. The fourth-order valence-corrected chi connectivity index (χ4v) is 1.19. The normalized spacial score (nSPS) is 14.5. The summed E-state index contributed by atoms with van der Waals surface area (Å²) in [5, 5.41) is 11.7. The number of carboxylic acid groups (broad SMARTS) is 1. The first-order valence-electron chi connectivity index (χ1n) is 3.62. The van der Waals surface area contributed by atoms with E-state index in [2.05, 4.69) is 5.32 Å². The minimum Gasteiger partial charge on any atom is -0.478 e. The molecule has 0 bridgehead atoms. The third kappa shape index (κ3) is 0.972. The number of hydrogen-bond donors (Lipinski definition) is 2. The van der Waals surface area contributed by atoms with E-state index >= 15 is 0 Å². The maximum atomic E-state index is 10.6. The molecule has 2 N–H and O–H groups in total. The molecule has 1 aliphatic rings. The van der Waals surface area contributed by atoms with Gasteiger partial charge in [-0.05, 0) is 12.1 Å². The van der Waals surface area contributed by atoms with Gasteiger partial charge in [0.05, 0.1) is 12.1 Å². The lowest BCUT2D eigenvalue weighted by molar-refractivity contribution is -0.132. The summed E-state index contributed by atoms with van der Waals surface area (Å²) in [7, 11) is 0. The molecular weight excluding hydrogens is 156 g/mol. The molecule has 0 aliphatic carbocycles. The van der Waals surface area contributed by atoms with E-state index in [-0.39, 0.29) is 0 Å². The highest BCUT2D eigenvalue weighted by Gasteiger charge is 2.12. The van der Waals surface area contributed by atoms with Crippen LogP contribution in [-0.2, 0) is 4.79 Å². The van der Waals surface area contributed by atoms with Crippen molar-refractivity contribution in [2.75, 3.05) is 11.9 Å². The fourth-order valence-electron chi connectivity index (χ4n) is 1.19. The molecule has 0 aromatic carbocycles. The maximum absolute atomic E-state index is 10.6. The molecule has 1 aromatic rings. The van der Waals surface area contributed by atoms with Crippen molar-refractivity contribution in [2.45, 2.75) is 0 Å². The summed E-state index contributed by atoms with van der Waals surface area (Å²) >= 11 is 0. The minimum absolute atomic E-state index is 0.374. The number of carboxylic acids is 1. The molecule has 0 spiro atoms. The number of aliphatic carboxylic acids is 1. The summed E-state index contributed by atoms with van der Waals surface area (Å²) in [5.41, 5.74) is 0.374. The number of rotatable bonds is 1. The average Bonchev–Trinajstić information content (AvgIpc) is 2.49. The van der Waals surface area contributed by atoms with Crippen LogP contribution in [0.25, 0.3) is 6.20 Å². The van der Waals surface area contributed by atoms with Crippen LogP contribution in [0.1, 0.15) is 0 Å². The summed E-state index contributed by atoms with van der Waals surface area (Å²) < 4.78 is 1.76. The zero-order chi connectivity index (χ0) is 8.55. The van der Waals surface area contributed by atoms with E-state index in [4.69, 9.17) is 5.11 Å². The number of hydrogen-bond acceptors (Lipinski definition) is 2.